The van der Waals surface area contributed by atoms with Gasteiger partial charge in [-0.25, -0.2) is 0 Å². The molecule has 1 amide bonds. The second-order valence-electron chi connectivity index (χ2n) is 9.95. The van der Waals surface area contributed by atoms with Crippen LogP contribution < -0.4 is 5.32 Å². The largest absolute Gasteiger partial charge is 0.355 e. The number of hydrogen-bond donors (Lipinski definition) is 1. The van der Waals surface area contributed by atoms with Gasteiger partial charge in [0, 0.05) is 24.9 Å². The molecule has 2 saturated heterocycles. The molecule has 1 atom stereocenters. The molecular formula is C26H34N2O2. The Kier molecular flexibility index (Phi) is 5.06. The third-order valence-corrected chi connectivity index (χ3v) is 7.79. The fourth-order valence-corrected chi connectivity index (χ4v) is 5.82. The van der Waals surface area contributed by atoms with Gasteiger partial charge < -0.3 is 10.1 Å². The summed E-state index contributed by atoms with van der Waals surface area (Å²) in [6.45, 7) is 9.21. The van der Waals surface area contributed by atoms with Crippen molar-refractivity contribution in [3.63, 3.8) is 0 Å². The van der Waals surface area contributed by atoms with Crippen LogP contribution in [0.25, 0.3) is 0 Å². The highest BCUT2D eigenvalue weighted by Crippen LogP contribution is 2.58. The van der Waals surface area contributed by atoms with Crippen LogP contribution in [-0.2, 0) is 22.4 Å². The van der Waals surface area contributed by atoms with Crippen LogP contribution in [-0.4, -0.2) is 41.3 Å². The Bertz CT molecular complexity index is 866. The third-order valence-electron chi connectivity index (χ3n) is 7.79. The first-order valence-corrected chi connectivity index (χ1v) is 10.9. The number of ether oxygens (including phenoxy) is 1. The van der Waals surface area contributed by atoms with E-state index in [1.807, 2.05) is 26.0 Å². The van der Waals surface area contributed by atoms with Gasteiger partial charge in [-0.2, -0.15) is 0 Å². The molecule has 4 nitrogen and oxygen atoms in total. The minimum Gasteiger partial charge on any atom is -0.355 e. The highest BCUT2D eigenvalue weighted by Gasteiger charge is 2.71. The van der Waals surface area contributed by atoms with Crippen molar-refractivity contribution >= 4 is 5.91 Å². The third kappa shape index (κ3) is 3.00. The minimum atomic E-state index is -0.641. The molecule has 0 saturated carbocycles. The number of piperidine rings is 1. The molecule has 4 heteroatoms. The Balaban J connectivity index is 1.84. The SMILES string of the molecule is CN1C(Cc2ccccc2)(Cc2ccccc2)OC2(CCNC(=O)C2(C)C)C1(C)C. The van der Waals surface area contributed by atoms with Crippen molar-refractivity contribution in [1.82, 2.24) is 10.2 Å². The summed E-state index contributed by atoms with van der Waals surface area (Å²) in [6, 6.07) is 21.1. The molecule has 1 spiro atoms. The van der Waals surface area contributed by atoms with Crippen LogP contribution in [0.15, 0.2) is 60.7 Å². The van der Waals surface area contributed by atoms with Gasteiger partial charge in [0.25, 0.3) is 0 Å². The van der Waals surface area contributed by atoms with Crippen molar-refractivity contribution in [3.05, 3.63) is 71.8 Å². The van der Waals surface area contributed by atoms with E-state index in [4.69, 9.17) is 4.74 Å². The number of nitrogens with one attached hydrogen (secondary N) is 1. The van der Waals surface area contributed by atoms with Gasteiger partial charge in [0.15, 0.2) is 0 Å². The van der Waals surface area contributed by atoms with Crippen LogP contribution in [0.4, 0.5) is 0 Å². The van der Waals surface area contributed by atoms with Crippen molar-refractivity contribution in [1.29, 1.82) is 0 Å². The number of rotatable bonds is 4. The molecule has 4 rings (SSSR count). The number of likely N-dealkylation sites (N-methyl/N-ethyl adjacent to an activating group) is 1. The topological polar surface area (TPSA) is 41.6 Å². The van der Waals surface area contributed by atoms with Gasteiger partial charge in [-0.05, 0) is 52.3 Å². The molecule has 0 aliphatic carbocycles. The van der Waals surface area contributed by atoms with Crippen molar-refractivity contribution in [2.24, 2.45) is 5.41 Å². The Morgan fingerprint density at radius 3 is 1.90 bits per heavy atom. The van der Waals surface area contributed by atoms with Gasteiger partial charge in [-0.1, -0.05) is 60.7 Å². The monoisotopic (exact) mass is 406 g/mol. The molecule has 2 aliphatic heterocycles. The van der Waals surface area contributed by atoms with E-state index in [0.29, 0.717) is 6.54 Å². The standard InChI is InChI=1S/C26H34N2O2/c1-23(2)22(29)27-17-16-26(23)24(3,4)28(5)25(30-26,18-20-12-8-6-9-13-20)19-21-14-10-7-11-15-21/h6-15H,16-19H2,1-5H3,(H,27,29). The number of carbonyl (C=O) groups excluding carboxylic acids is 1. The lowest BCUT2D eigenvalue weighted by Crippen LogP contribution is -2.68. The summed E-state index contributed by atoms with van der Waals surface area (Å²) in [4.78, 5) is 15.4. The van der Waals surface area contributed by atoms with Gasteiger partial charge >= 0.3 is 0 Å². The summed E-state index contributed by atoms with van der Waals surface area (Å²) in [5, 5.41) is 3.07. The zero-order valence-electron chi connectivity index (χ0n) is 18.9. The van der Waals surface area contributed by atoms with E-state index in [-0.39, 0.29) is 11.4 Å². The van der Waals surface area contributed by atoms with Crippen molar-refractivity contribution < 1.29 is 9.53 Å². The summed E-state index contributed by atoms with van der Waals surface area (Å²) >= 11 is 0. The van der Waals surface area contributed by atoms with Crippen LogP contribution in [0.5, 0.6) is 0 Å². The van der Waals surface area contributed by atoms with Crippen molar-refractivity contribution in [2.75, 3.05) is 13.6 Å². The van der Waals surface area contributed by atoms with Crippen LogP contribution in [0.3, 0.4) is 0 Å². The van der Waals surface area contributed by atoms with E-state index in [2.05, 4.69) is 79.6 Å². The molecule has 2 aliphatic rings. The molecule has 2 heterocycles. The number of hydrogen-bond acceptors (Lipinski definition) is 3. The first kappa shape index (κ1) is 21.1. The van der Waals surface area contributed by atoms with Crippen LogP contribution in [0, 0.1) is 5.41 Å². The Morgan fingerprint density at radius 2 is 1.40 bits per heavy atom. The highest BCUT2D eigenvalue weighted by molar-refractivity contribution is 5.84. The fraction of sp³-hybridized carbons (Fsp3) is 0.500. The van der Waals surface area contributed by atoms with Gasteiger partial charge in [0.2, 0.25) is 5.91 Å². The average Bonchev–Trinajstić information content (AvgIpc) is 2.87. The van der Waals surface area contributed by atoms with E-state index < -0.39 is 16.7 Å². The number of amides is 1. The molecule has 160 valence electrons. The van der Waals surface area contributed by atoms with E-state index in [1.54, 1.807) is 0 Å². The predicted octanol–water partition coefficient (Wildman–Crippen LogP) is 4.19. The lowest BCUT2D eigenvalue weighted by atomic mass is 9.61. The first-order chi connectivity index (χ1) is 14.1. The van der Waals surface area contributed by atoms with Gasteiger partial charge in [0.05, 0.1) is 5.41 Å². The lowest BCUT2D eigenvalue weighted by molar-refractivity contribution is -0.196. The second-order valence-corrected chi connectivity index (χ2v) is 9.95. The molecular weight excluding hydrogens is 372 g/mol. The number of nitrogens with zero attached hydrogens (tertiary/aromatic N) is 1. The maximum absolute atomic E-state index is 13.0. The lowest BCUT2D eigenvalue weighted by Gasteiger charge is -2.53. The van der Waals surface area contributed by atoms with Gasteiger partial charge in [0.1, 0.15) is 11.3 Å². The molecule has 0 aromatic heterocycles. The fourth-order valence-electron chi connectivity index (χ4n) is 5.82. The molecule has 0 bridgehead atoms. The minimum absolute atomic E-state index is 0.0745. The highest BCUT2D eigenvalue weighted by atomic mass is 16.6. The zero-order valence-corrected chi connectivity index (χ0v) is 18.9. The van der Waals surface area contributed by atoms with E-state index in [1.165, 1.54) is 11.1 Å². The summed E-state index contributed by atoms with van der Waals surface area (Å²) in [6.07, 6.45) is 2.33. The number of benzene rings is 2. The zero-order chi connectivity index (χ0) is 21.6. The van der Waals surface area contributed by atoms with Crippen molar-refractivity contribution in [3.8, 4) is 0 Å². The molecule has 0 radical (unpaired) electrons. The van der Waals surface area contributed by atoms with Crippen LogP contribution in [0.2, 0.25) is 0 Å². The summed E-state index contributed by atoms with van der Waals surface area (Å²) < 4.78 is 7.26. The maximum atomic E-state index is 13.0. The molecule has 2 fully saturated rings. The quantitative estimate of drug-likeness (QED) is 0.828. The van der Waals surface area contributed by atoms with Gasteiger partial charge in [-0.15, -0.1) is 0 Å². The maximum Gasteiger partial charge on any atom is 0.228 e. The first-order valence-electron chi connectivity index (χ1n) is 10.9. The van der Waals surface area contributed by atoms with Crippen LogP contribution in [0.1, 0.15) is 45.2 Å². The normalized spacial score (nSPS) is 27.2. The molecule has 30 heavy (non-hydrogen) atoms. The Labute approximate surface area is 180 Å². The predicted molar refractivity (Wildman–Crippen MR) is 120 cm³/mol. The summed E-state index contributed by atoms with van der Waals surface area (Å²) in [5.41, 5.74) is 0.398. The van der Waals surface area contributed by atoms with Gasteiger partial charge in [-0.3, -0.25) is 9.69 Å². The average molecular weight is 407 g/mol. The Hall–Kier alpha value is -2.17. The van der Waals surface area contributed by atoms with E-state index in [0.717, 1.165) is 19.3 Å². The second kappa shape index (κ2) is 7.21. The summed E-state index contributed by atoms with van der Waals surface area (Å²) in [7, 11) is 2.17. The number of carbonyl (C=O) groups is 1. The summed E-state index contributed by atoms with van der Waals surface area (Å²) in [5.74, 6) is 0.0745. The molecule has 2 aromatic carbocycles. The Morgan fingerprint density at radius 1 is 0.900 bits per heavy atom. The van der Waals surface area contributed by atoms with Crippen molar-refractivity contribution in [2.45, 2.75) is 63.8 Å². The van der Waals surface area contributed by atoms with E-state index in [9.17, 15) is 4.79 Å². The molecule has 1 N–H and O–H groups in total. The van der Waals surface area contributed by atoms with E-state index >= 15 is 0 Å². The smallest absolute Gasteiger partial charge is 0.228 e. The molecule has 2 aromatic rings. The van der Waals surface area contributed by atoms with Crippen LogP contribution >= 0.6 is 0 Å². The molecule has 1 unspecified atom stereocenters.